The average molecular weight is 588 g/mol. The van der Waals surface area contributed by atoms with Gasteiger partial charge in [0.15, 0.2) is 5.11 Å². The van der Waals surface area contributed by atoms with Crippen molar-refractivity contribution < 1.29 is 4.39 Å². The fourth-order valence-electron chi connectivity index (χ4n) is 6.85. The highest BCUT2D eigenvalue weighted by Gasteiger charge is 2.35. The molecule has 2 aromatic carbocycles. The lowest BCUT2D eigenvalue weighted by atomic mass is 9.79. The van der Waals surface area contributed by atoms with Gasteiger partial charge in [-0.25, -0.2) is 4.39 Å². The Balaban J connectivity index is 1.17. The van der Waals surface area contributed by atoms with Gasteiger partial charge in [0, 0.05) is 63.0 Å². The normalized spacial score (nSPS) is 20.4. The molecule has 0 unspecified atom stereocenters. The van der Waals surface area contributed by atoms with Crippen LogP contribution in [0, 0.1) is 11.7 Å². The van der Waals surface area contributed by atoms with Gasteiger partial charge >= 0.3 is 0 Å². The van der Waals surface area contributed by atoms with Crippen LogP contribution in [0.1, 0.15) is 51.0 Å². The molecule has 2 N–H and O–H groups in total. The summed E-state index contributed by atoms with van der Waals surface area (Å²) < 4.78 is 13.6. The average Bonchev–Trinajstić information content (AvgIpc) is 3.51. The molecule has 2 saturated heterocycles. The van der Waals surface area contributed by atoms with Gasteiger partial charge in [-0.2, -0.15) is 9.97 Å². The summed E-state index contributed by atoms with van der Waals surface area (Å²) >= 11 is 5.78. The zero-order valence-corrected chi connectivity index (χ0v) is 25.4. The minimum absolute atomic E-state index is 0.0460. The molecule has 6 rings (SSSR count). The maximum absolute atomic E-state index is 13.6. The second-order valence-corrected chi connectivity index (χ2v) is 12.6. The molecule has 1 saturated carbocycles. The molecular formula is C33H42FN7S. The van der Waals surface area contributed by atoms with E-state index in [-0.39, 0.29) is 11.2 Å². The lowest BCUT2D eigenvalue weighted by molar-refractivity contribution is 0.434. The van der Waals surface area contributed by atoms with Gasteiger partial charge in [-0.3, -0.25) is 0 Å². The van der Waals surface area contributed by atoms with E-state index in [0.717, 1.165) is 63.7 Å². The predicted octanol–water partition coefficient (Wildman–Crippen LogP) is 5.98. The van der Waals surface area contributed by atoms with Crippen molar-refractivity contribution in [1.29, 1.82) is 0 Å². The van der Waals surface area contributed by atoms with Crippen LogP contribution in [0.15, 0.2) is 60.7 Å². The summed E-state index contributed by atoms with van der Waals surface area (Å²) in [5.41, 5.74) is 2.39. The molecule has 1 aliphatic carbocycles. The zero-order chi connectivity index (χ0) is 28.9. The maximum atomic E-state index is 13.6. The van der Waals surface area contributed by atoms with E-state index in [0.29, 0.717) is 23.5 Å². The van der Waals surface area contributed by atoms with Crippen LogP contribution in [0.5, 0.6) is 0 Å². The fraction of sp³-hybridized carbons (Fsp3) is 0.485. The number of thiocarbonyl (C=S) groups is 1. The topological polar surface area (TPSA) is 59.6 Å². The summed E-state index contributed by atoms with van der Waals surface area (Å²) in [6.45, 7) is 8.69. The van der Waals surface area contributed by atoms with Crippen molar-refractivity contribution >= 4 is 40.6 Å². The zero-order valence-electron chi connectivity index (χ0n) is 24.6. The number of benzene rings is 2. The number of halogens is 1. The molecule has 9 heteroatoms. The number of piperidine rings is 1. The molecule has 3 aromatic rings. The van der Waals surface area contributed by atoms with Crippen LogP contribution < -0.4 is 25.3 Å². The number of aromatic nitrogens is 2. The van der Waals surface area contributed by atoms with Crippen LogP contribution in [-0.2, 0) is 5.41 Å². The molecule has 222 valence electrons. The second-order valence-electron chi connectivity index (χ2n) is 12.2. The van der Waals surface area contributed by atoms with Crippen LogP contribution in [0.3, 0.4) is 0 Å². The number of piperazine rings is 1. The highest BCUT2D eigenvalue weighted by molar-refractivity contribution is 7.80. The van der Waals surface area contributed by atoms with Gasteiger partial charge in [0.05, 0.1) is 0 Å². The molecule has 7 nitrogen and oxygen atoms in total. The van der Waals surface area contributed by atoms with E-state index >= 15 is 0 Å². The van der Waals surface area contributed by atoms with Crippen LogP contribution in [0.4, 0.5) is 27.7 Å². The van der Waals surface area contributed by atoms with E-state index in [1.165, 1.54) is 36.9 Å². The standard InChI is InChI=1S/C33H42FN7S/c1-25-8-7-17-41(23-25)30-22-29(40-20-18-39(19-21-40)28-9-3-2-4-10-28)36-31(37-30)38-32(42)35-24-33(15-5-6-16-33)26-11-13-27(34)14-12-26/h2-4,9-14,22,25H,5-8,15-21,23-24H2,1H3,(H2,35,36,37,38,42)/t25-/m0/s1. The molecule has 0 radical (unpaired) electrons. The Morgan fingerprint density at radius 3 is 2.24 bits per heavy atom. The van der Waals surface area contributed by atoms with Gasteiger partial charge < -0.3 is 25.3 Å². The highest BCUT2D eigenvalue weighted by Crippen LogP contribution is 2.40. The third-order valence-electron chi connectivity index (χ3n) is 9.24. The van der Waals surface area contributed by atoms with E-state index in [9.17, 15) is 4.39 Å². The van der Waals surface area contributed by atoms with Crippen LogP contribution in [0.25, 0.3) is 0 Å². The summed E-state index contributed by atoms with van der Waals surface area (Å²) in [6, 6.07) is 19.7. The van der Waals surface area contributed by atoms with Crippen molar-refractivity contribution in [2.45, 2.75) is 50.9 Å². The lowest BCUT2D eigenvalue weighted by Gasteiger charge is -2.37. The van der Waals surface area contributed by atoms with Crippen LogP contribution in [-0.4, -0.2) is 60.9 Å². The summed E-state index contributed by atoms with van der Waals surface area (Å²) in [4.78, 5) is 17.1. The van der Waals surface area contributed by atoms with Gasteiger partial charge in [-0.1, -0.05) is 50.1 Å². The Bertz CT molecular complexity index is 1340. The third-order valence-corrected chi connectivity index (χ3v) is 9.48. The molecular weight excluding hydrogens is 545 g/mol. The number of nitrogens with one attached hydrogen (secondary N) is 2. The van der Waals surface area contributed by atoms with Crippen molar-refractivity contribution in [3.63, 3.8) is 0 Å². The quantitative estimate of drug-likeness (QED) is 0.328. The Morgan fingerprint density at radius 1 is 0.881 bits per heavy atom. The first kappa shape index (κ1) is 28.6. The fourth-order valence-corrected chi connectivity index (χ4v) is 7.01. The number of hydrogen-bond donors (Lipinski definition) is 2. The van der Waals surface area contributed by atoms with Crippen molar-refractivity contribution in [2.24, 2.45) is 5.92 Å². The molecule has 1 atom stereocenters. The van der Waals surface area contributed by atoms with E-state index in [4.69, 9.17) is 22.2 Å². The number of nitrogens with zero attached hydrogens (tertiary/aromatic N) is 5. The van der Waals surface area contributed by atoms with E-state index in [1.807, 2.05) is 12.1 Å². The molecule has 3 fully saturated rings. The summed E-state index contributed by atoms with van der Waals surface area (Å²) in [5, 5.41) is 7.31. The van der Waals surface area contributed by atoms with Crippen LogP contribution in [0.2, 0.25) is 0 Å². The molecule has 0 amide bonds. The van der Waals surface area contributed by atoms with Gasteiger partial charge in [0.1, 0.15) is 17.5 Å². The first-order valence-electron chi connectivity index (χ1n) is 15.5. The number of hydrogen-bond acceptors (Lipinski definition) is 6. The third kappa shape index (κ3) is 6.61. The number of para-hydroxylation sites is 1. The molecule has 3 aliphatic rings. The van der Waals surface area contributed by atoms with Crippen molar-refractivity contribution in [2.75, 3.05) is 65.8 Å². The number of anilines is 4. The van der Waals surface area contributed by atoms with Gasteiger partial charge in [0.2, 0.25) is 5.95 Å². The summed E-state index contributed by atoms with van der Waals surface area (Å²) in [6.07, 6.45) is 6.88. The largest absolute Gasteiger partial charge is 0.368 e. The minimum atomic E-state index is -0.200. The molecule has 2 aliphatic heterocycles. The highest BCUT2D eigenvalue weighted by atomic mass is 32.1. The first-order valence-corrected chi connectivity index (χ1v) is 15.9. The first-order chi connectivity index (χ1) is 20.5. The minimum Gasteiger partial charge on any atom is -0.368 e. The smallest absolute Gasteiger partial charge is 0.232 e. The van der Waals surface area contributed by atoms with Crippen molar-refractivity contribution in [3.8, 4) is 0 Å². The van der Waals surface area contributed by atoms with Crippen molar-refractivity contribution in [3.05, 3.63) is 72.0 Å². The Morgan fingerprint density at radius 2 is 1.55 bits per heavy atom. The molecule has 0 bridgehead atoms. The summed E-state index contributed by atoms with van der Waals surface area (Å²) in [5.74, 6) is 2.87. The molecule has 3 heterocycles. The Kier molecular flexibility index (Phi) is 8.74. The number of rotatable bonds is 7. The lowest BCUT2D eigenvalue weighted by Crippen LogP contribution is -2.47. The maximum Gasteiger partial charge on any atom is 0.232 e. The Labute approximate surface area is 254 Å². The van der Waals surface area contributed by atoms with E-state index in [2.05, 4.69) is 68.7 Å². The predicted molar refractivity (Wildman–Crippen MR) is 174 cm³/mol. The van der Waals surface area contributed by atoms with E-state index in [1.54, 1.807) is 12.1 Å². The molecule has 0 spiro atoms. The SMILES string of the molecule is C[C@H]1CCCN(c2cc(N3CCN(c4ccccc4)CC3)nc(NC(=S)NCC3(c4ccc(F)cc4)CCCC3)n2)C1. The van der Waals surface area contributed by atoms with Gasteiger partial charge in [-0.15, -0.1) is 0 Å². The summed E-state index contributed by atoms with van der Waals surface area (Å²) in [7, 11) is 0. The van der Waals surface area contributed by atoms with Crippen molar-refractivity contribution in [1.82, 2.24) is 15.3 Å². The monoisotopic (exact) mass is 587 g/mol. The van der Waals surface area contributed by atoms with Crippen LogP contribution >= 0.6 is 12.2 Å². The van der Waals surface area contributed by atoms with E-state index < -0.39 is 0 Å². The molecule has 1 aromatic heterocycles. The van der Waals surface area contributed by atoms with Gasteiger partial charge in [-0.05, 0) is 73.6 Å². The van der Waals surface area contributed by atoms with Gasteiger partial charge in [0.25, 0.3) is 0 Å². The second kappa shape index (κ2) is 12.8. The Hall–Kier alpha value is -3.46. The molecule has 42 heavy (non-hydrogen) atoms.